The number of rotatable bonds is 9. The molecule has 4 atom stereocenters. The summed E-state index contributed by atoms with van der Waals surface area (Å²) in [4.78, 5) is 61.2. The molecule has 1 aromatic heterocycles. The van der Waals surface area contributed by atoms with Crippen molar-refractivity contribution in [2.24, 2.45) is 28.6 Å². The summed E-state index contributed by atoms with van der Waals surface area (Å²) in [5.41, 5.74) is 1.10. The molecule has 1 spiro atoms. The van der Waals surface area contributed by atoms with Crippen LogP contribution in [0.1, 0.15) is 69.0 Å². The Hall–Kier alpha value is -2.53. The lowest BCUT2D eigenvalue weighted by Crippen LogP contribution is -2.65. The van der Waals surface area contributed by atoms with E-state index in [0.29, 0.717) is 37.0 Å². The average molecular weight is 574 g/mol. The first-order chi connectivity index (χ1) is 19.0. The molecule has 0 radical (unpaired) electrons. The lowest BCUT2D eigenvalue weighted by molar-refractivity contribution is -0.152. The molecule has 2 saturated heterocycles. The van der Waals surface area contributed by atoms with Crippen LogP contribution in [0.2, 0.25) is 0 Å². The molecule has 5 rings (SSSR count). The van der Waals surface area contributed by atoms with E-state index < -0.39 is 23.5 Å². The van der Waals surface area contributed by atoms with Gasteiger partial charge in [-0.2, -0.15) is 0 Å². The minimum atomic E-state index is -0.852. The maximum absolute atomic E-state index is 13.9. The van der Waals surface area contributed by atoms with Gasteiger partial charge >= 0.3 is 0 Å². The monoisotopic (exact) mass is 573 g/mol. The molecule has 4 fully saturated rings. The Bertz CT molecular complexity index is 1110. The number of likely N-dealkylation sites (N-methyl/N-ethyl adjacent to an activating group) is 1. The average Bonchev–Trinajstić information content (AvgIpc) is 3.30. The lowest BCUT2D eigenvalue weighted by Gasteiger charge is -2.50. The quantitative estimate of drug-likeness (QED) is 0.468. The van der Waals surface area contributed by atoms with Crippen molar-refractivity contribution < 1.29 is 23.9 Å². The van der Waals surface area contributed by atoms with E-state index in [-0.39, 0.29) is 41.5 Å². The Labute approximate surface area is 240 Å². The highest BCUT2D eigenvalue weighted by Crippen LogP contribution is 2.54. The molecule has 3 heterocycles. The van der Waals surface area contributed by atoms with Crippen LogP contribution in [-0.4, -0.2) is 90.4 Å². The van der Waals surface area contributed by atoms with E-state index in [2.05, 4.69) is 29.5 Å². The SMILES string of the molecule is CNC(=O)[C@@H](NC(=O)[C@H]1CN(C(=O)c2cncs2)CC12CN(C(=O)[C@H]1CC1(C)C)C2)[C@@H](C)OCC1CCCCC1. The Balaban J connectivity index is 1.28. The summed E-state index contributed by atoms with van der Waals surface area (Å²) in [6.45, 7) is 8.08. The summed E-state index contributed by atoms with van der Waals surface area (Å²) < 4.78 is 6.13. The number of thiazole rings is 1. The number of nitrogens with one attached hydrogen (secondary N) is 2. The molecule has 0 unspecified atom stereocenters. The molecule has 1 aromatic rings. The highest BCUT2D eigenvalue weighted by atomic mass is 32.1. The molecular weight excluding hydrogens is 530 g/mol. The third-order valence-corrected chi connectivity index (χ3v) is 10.4. The molecule has 0 bridgehead atoms. The van der Waals surface area contributed by atoms with Crippen LogP contribution in [0.25, 0.3) is 0 Å². The van der Waals surface area contributed by atoms with Gasteiger partial charge in [-0.05, 0) is 37.5 Å². The van der Waals surface area contributed by atoms with Crippen molar-refractivity contribution in [2.75, 3.05) is 39.8 Å². The van der Waals surface area contributed by atoms with Crippen LogP contribution < -0.4 is 10.6 Å². The van der Waals surface area contributed by atoms with E-state index in [1.165, 1.54) is 30.6 Å². The summed E-state index contributed by atoms with van der Waals surface area (Å²) >= 11 is 1.27. The highest BCUT2D eigenvalue weighted by Gasteiger charge is 2.62. The fourth-order valence-electron chi connectivity index (χ4n) is 6.80. The van der Waals surface area contributed by atoms with Crippen molar-refractivity contribution in [3.8, 4) is 0 Å². The van der Waals surface area contributed by atoms with Crippen LogP contribution in [0.4, 0.5) is 0 Å². The summed E-state index contributed by atoms with van der Waals surface area (Å²) in [5, 5.41) is 5.65. The zero-order valence-electron chi connectivity index (χ0n) is 24.1. The standard InChI is InChI=1S/C29H43N5O5S/c1-18(39-13-19-8-6-5-7-9-19)23(25(36)30-4)32-24(35)21-12-33(27(38)22-11-31-17-40-22)14-29(21)15-34(16-29)26(37)20-10-28(20,2)3/h11,17-21,23H,5-10,12-16H2,1-4H3,(H,30,36)(H,32,35)/t18-,20-,21-,23+/m1/s1. The Morgan fingerprint density at radius 3 is 2.38 bits per heavy atom. The minimum absolute atomic E-state index is 0.0215. The van der Waals surface area contributed by atoms with Crippen LogP contribution >= 0.6 is 11.3 Å². The first-order valence-electron chi connectivity index (χ1n) is 14.6. The molecule has 0 aromatic carbocycles. The topological polar surface area (TPSA) is 121 Å². The van der Waals surface area contributed by atoms with Gasteiger partial charge in [0.1, 0.15) is 10.9 Å². The van der Waals surface area contributed by atoms with Crippen LogP contribution in [0.5, 0.6) is 0 Å². The van der Waals surface area contributed by atoms with Gasteiger partial charge in [-0.3, -0.25) is 24.2 Å². The molecule has 4 amide bonds. The smallest absolute Gasteiger partial charge is 0.265 e. The summed E-state index contributed by atoms with van der Waals surface area (Å²) in [6.07, 6.45) is 7.85. The summed E-state index contributed by atoms with van der Waals surface area (Å²) in [5.74, 6) is -0.647. The predicted molar refractivity (Wildman–Crippen MR) is 150 cm³/mol. The first kappa shape index (κ1) is 29.0. The number of carbonyl (C=O) groups is 4. The van der Waals surface area contributed by atoms with Crippen molar-refractivity contribution in [3.63, 3.8) is 0 Å². The molecule has 2 N–H and O–H groups in total. The van der Waals surface area contributed by atoms with Crippen molar-refractivity contribution in [2.45, 2.75) is 71.4 Å². The molecule has 4 aliphatic rings. The number of hydrogen-bond donors (Lipinski definition) is 2. The van der Waals surface area contributed by atoms with Crippen molar-refractivity contribution in [1.29, 1.82) is 0 Å². The predicted octanol–water partition coefficient (Wildman–Crippen LogP) is 2.31. The van der Waals surface area contributed by atoms with E-state index in [9.17, 15) is 19.2 Å². The van der Waals surface area contributed by atoms with Gasteiger partial charge in [0.2, 0.25) is 17.7 Å². The van der Waals surface area contributed by atoms with Gasteiger partial charge in [-0.25, -0.2) is 0 Å². The highest BCUT2D eigenvalue weighted by molar-refractivity contribution is 7.11. The fourth-order valence-corrected chi connectivity index (χ4v) is 7.39. The number of aromatic nitrogens is 1. The second-order valence-electron chi connectivity index (χ2n) is 13.0. The van der Waals surface area contributed by atoms with Gasteiger partial charge < -0.3 is 25.2 Å². The Morgan fingerprint density at radius 1 is 1.10 bits per heavy atom. The van der Waals surface area contributed by atoms with E-state index >= 15 is 0 Å². The van der Waals surface area contributed by atoms with E-state index in [4.69, 9.17) is 4.74 Å². The first-order valence-corrected chi connectivity index (χ1v) is 15.5. The van der Waals surface area contributed by atoms with Crippen LogP contribution in [0, 0.1) is 28.6 Å². The van der Waals surface area contributed by atoms with E-state index in [1.54, 1.807) is 23.7 Å². The third kappa shape index (κ3) is 5.77. The maximum atomic E-state index is 13.9. The minimum Gasteiger partial charge on any atom is -0.376 e. The van der Waals surface area contributed by atoms with Gasteiger partial charge in [-0.1, -0.05) is 33.1 Å². The zero-order chi connectivity index (χ0) is 28.7. The third-order valence-electron chi connectivity index (χ3n) is 9.65. The van der Waals surface area contributed by atoms with Gasteiger partial charge in [0.05, 0.1) is 23.7 Å². The number of carbonyl (C=O) groups excluding carboxylic acids is 4. The number of likely N-dealkylation sites (tertiary alicyclic amines) is 2. The molecule has 11 heteroatoms. The molecular formula is C29H43N5O5S. The second-order valence-corrected chi connectivity index (χ2v) is 13.9. The molecule has 220 valence electrons. The second kappa shape index (κ2) is 11.4. The molecule has 10 nitrogen and oxygen atoms in total. The Morgan fingerprint density at radius 2 is 1.77 bits per heavy atom. The molecule has 2 saturated carbocycles. The van der Waals surface area contributed by atoms with Crippen molar-refractivity contribution in [1.82, 2.24) is 25.4 Å². The zero-order valence-corrected chi connectivity index (χ0v) is 24.9. The number of amides is 4. The van der Waals surface area contributed by atoms with Crippen molar-refractivity contribution in [3.05, 3.63) is 16.6 Å². The lowest BCUT2D eigenvalue weighted by atomic mass is 9.70. The van der Waals surface area contributed by atoms with Crippen LogP contribution in [0.15, 0.2) is 11.7 Å². The fraction of sp³-hybridized carbons (Fsp3) is 0.759. The van der Waals surface area contributed by atoms with E-state index in [0.717, 1.165) is 19.3 Å². The Kier molecular flexibility index (Phi) is 8.25. The van der Waals surface area contributed by atoms with Gasteiger partial charge in [0.15, 0.2) is 0 Å². The van der Waals surface area contributed by atoms with Gasteiger partial charge in [0, 0.05) is 51.2 Å². The van der Waals surface area contributed by atoms with Gasteiger partial charge in [-0.15, -0.1) is 11.3 Å². The van der Waals surface area contributed by atoms with Crippen LogP contribution in [0.3, 0.4) is 0 Å². The molecule has 2 aliphatic heterocycles. The normalized spacial score (nSPS) is 26.6. The molecule has 40 heavy (non-hydrogen) atoms. The largest absolute Gasteiger partial charge is 0.376 e. The summed E-state index contributed by atoms with van der Waals surface area (Å²) in [7, 11) is 1.55. The molecule has 2 aliphatic carbocycles. The number of hydrogen-bond acceptors (Lipinski definition) is 7. The number of nitrogens with zero attached hydrogens (tertiary/aromatic N) is 3. The summed E-state index contributed by atoms with van der Waals surface area (Å²) in [6, 6.07) is -0.852. The number of ether oxygens (including phenoxy) is 1. The van der Waals surface area contributed by atoms with E-state index in [1.807, 2.05) is 11.8 Å². The van der Waals surface area contributed by atoms with Gasteiger partial charge in [0.25, 0.3) is 5.91 Å². The van der Waals surface area contributed by atoms with Crippen LogP contribution in [-0.2, 0) is 19.1 Å². The maximum Gasteiger partial charge on any atom is 0.265 e. The van der Waals surface area contributed by atoms with Crippen molar-refractivity contribution >= 4 is 35.0 Å².